The second kappa shape index (κ2) is 4.23. The second-order valence-corrected chi connectivity index (χ2v) is 4.16. The van der Waals surface area contributed by atoms with Crippen LogP contribution in [0.3, 0.4) is 0 Å². The molecule has 3 nitrogen and oxygen atoms in total. The number of hydrogen-bond acceptors (Lipinski definition) is 3. The smallest absolute Gasteiger partial charge is 0.213 e. The molecule has 1 fully saturated rings. The summed E-state index contributed by atoms with van der Waals surface area (Å²) in [5.41, 5.74) is 0. The van der Waals surface area contributed by atoms with Crippen LogP contribution in [-0.2, 0) is 4.74 Å². The summed E-state index contributed by atoms with van der Waals surface area (Å²) in [4.78, 5) is 4.16. The summed E-state index contributed by atoms with van der Waals surface area (Å²) in [6.07, 6.45) is 2.95. The molecule has 0 saturated carbocycles. The van der Waals surface area contributed by atoms with Gasteiger partial charge in [0.1, 0.15) is 6.10 Å². The van der Waals surface area contributed by atoms with Crippen molar-refractivity contribution in [3.8, 4) is 5.88 Å². The molecule has 0 bridgehead atoms. The number of pyridine rings is 1. The number of nitrogens with zero attached hydrogens (tertiary/aromatic N) is 1. The summed E-state index contributed by atoms with van der Waals surface area (Å²) in [6.45, 7) is 1.49. The van der Waals surface area contributed by atoms with E-state index in [9.17, 15) is 0 Å². The van der Waals surface area contributed by atoms with E-state index in [-0.39, 0.29) is 6.10 Å². The van der Waals surface area contributed by atoms with E-state index in [4.69, 9.17) is 9.47 Å². The van der Waals surface area contributed by atoms with Gasteiger partial charge in [-0.05, 0) is 28.7 Å². The molecule has 0 amide bonds. The predicted octanol–water partition coefficient (Wildman–Crippen LogP) is 1.85. The molecule has 13 heavy (non-hydrogen) atoms. The Hall–Kier alpha value is -0.360. The molecule has 1 aromatic rings. The highest BCUT2D eigenvalue weighted by Crippen LogP contribution is 2.14. The largest absolute Gasteiger partial charge is 0.472 e. The molecule has 1 aliphatic rings. The maximum atomic E-state index is 5.59. The van der Waals surface area contributed by atoms with Crippen LogP contribution < -0.4 is 4.74 Å². The minimum Gasteiger partial charge on any atom is -0.472 e. The molecule has 1 aromatic heterocycles. The maximum absolute atomic E-state index is 5.59. The third-order valence-electron chi connectivity index (χ3n) is 1.88. The predicted molar refractivity (Wildman–Crippen MR) is 56.8 cm³/mol. The van der Waals surface area contributed by atoms with Crippen LogP contribution in [0.5, 0.6) is 5.88 Å². The van der Waals surface area contributed by atoms with Gasteiger partial charge in [-0.3, -0.25) is 0 Å². The molecule has 4 heteroatoms. The van der Waals surface area contributed by atoms with Gasteiger partial charge in [0.2, 0.25) is 5.88 Å². The molecule has 2 heterocycles. The molecule has 0 aromatic carbocycles. The summed E-state index contributed by atoms with van der Waals surface area (Å²) in [6, 6.07) is 3.87. The van der Waals surface area contributed by atoms with Gasteiger partial charge in [0.25, 0.3) is 0 Å². The molecule has 2 rings (SSSR count). The van der Waals surface area contributed by atoms with E-state index >= 15 is 0 Å². The van der Waals surface area contributed by atoms with Crippen LogP contribution in [0.1, 0.15) is 6.42 Å². The third-order valence-corrected chi connectivity index (χ3v) is 2.51. The Morgan fingerprint density at radius 2 is 2.46 bits per heavy atom. The van der Waals surface area contributed by atoms with E-state index in [1.54, 1.807) is 6.20 Å². The lowest BCUT2D eigenvalue weighted by atomic mass is 10.3. The topological polar surface area (TPSA) is 31.4 Å². The minimum absolute atomic E-state index is 0.188. The van der Waals surface area contributed by atoms with Gasteiger partial charge in [0, 0.05) is 22.3 Å². The van der Waals surface area contributed by atoms with Crippen molar-refractivity contribution in [1.82, 2.24) is 4.98 Å². The van der Waals surface area contributed by atoms with Gasteiger partial charge in [0.15, 0.2) is 0 Å². The molecule has 0 aliphatic carbocycles. The fourth-order valence-electron chi connectivity index (χ4n) is 1.21. The van der Waals surface area contributed by atoms with Crippen LogP contribution >= 0.6 is 22.6 Å². The van der Waals surface area contributed by atoms with Crippen LogP contribution in [0.2, 0.25) is 0 Å². The van der Waals surface area contributed by atoms with Crippen molar-refractivity contribution in [3.63, 3.8) is 0 Å². The Labute approximate surface area is 90.6 Å². The molecule has 0 N–H and O–H groups in total. The Kier molecular flexibility index (Phi) is 3.00. The van der Waals surface area contributed by atoms with Crippen molar-refractivity contribution in [2.24, 2.45) is 0 Å². The molecule has 1 atom stereocenters. The zero-order valence-corrected chi connectivity index (χ0v) is 9.23. The van der Waals surface area contributed by atoms with Gasteiger partial charge in [0.05, 0.1) is 13.2 Å². The average Bonchev–Trinajstić information content (AvgIpc) is 2.62. The molecule has 0 spiro atoms. The molecular formula is C9H10INO2. The monoisotopic (exact) mass is 291 g/mol. The molecule has 0 radical (unpaired) electrons. The second-order valence-electron chi connectivity index (χ2n) is 2.92. The first-order valence-corrected chi connectivity index (χ1v) is 5.28. The fraction of sp³-hybridized carbons (Fsp3) is 0.444. The van der Waals surface area contributed by atoms with E-state index in [1.807, 2.05) is 12.1 Å². The van der Waals surface area contributed by atoms with Crippen molar-refractivity contribution in [2.75, 3.05) is 13.2 Å². The first kappa shape index (κ1) is 9.21. The van der Waals surface area contributed by atoms with Crippen LogP contribution in [0.15, 0.2) is 18.3 Å². The number of hydrogen-bond donors (Lipinski definition) is 0. The van der Waals surface area contributed by atoms with E-state index < -0.39 is 0 Å². The van der Waals surface area contributed by atoms with Gasteiger partial charge in [-0.2, -0.15) is 0 Å². The summed E-state index contributed by atoms with van der Waals surface area (Å²) in [7, 11) is 0. The fourth-order valence-corrected chi connectivity index (χ4v) is 1.53. The highest BCUT2D eigenvalue weighted by molar-refractivity contribution is 14.1. The van der Waals surface area contributed by atoms with Gasteiger partial charge in [-0.15, -0.1) is 0 Å². The lowest BCUT2D eigenvalue weighted by molar-refractivity contribution is 0.138. The highest BCUT2D eigenvalue weighted by atomic mass is 127. The van der Waals surface area contributed by atoms with Crippen molar-refractivity contribution in [2.45, 2.75) is 12.5 Å². The highest BCUT2D eigenvalue weighted by Gasteiger charge is 2.17. The Morgan fingerprint density at radius 3 is 3.08 bits per heavy atom. The molecule has 70 valence electrons. The molecule has 1 unspecified atom stereocenters. The van der Waals surface area contributed by atoms with E-state index in [2.05, 4.69) is 27.6 Å². The molecular weight excluding hydrogens is 281 g/mol. The first-order valence-electron chi connectivity index (χ1n) is 4.20. The van der Waals surface area contributed by atoms with E-state index in [0.29, 0.717) is 12.5 Å². The zero-order chi connectivity index (χ0) is 9.10. The lowest BCUT2D eigenvalue weighted by Crippen LogP contribution is -2.16. The normalized spacial score (nSPS) is 21.8. The van der Waals surface area contributed by atoms with Gasteiger partial charge in [-0.1, -0.05) is 0 Å². The van der Waals surface area contributed by atoms with Gasteiger partial charge >= 0.3 is 0 Å². The Morgan fingerprint density at radius 1 is 1.54 bits per heavy atom. The quantitative estimate of drug-likeness (QED) is 0.779. The van der Waals surface area contributed by atoms with Crippen LogP contribution in [0.4, 0.5) is 0 Å². The molecule has 1 saturated heterocycles. The average molecular weight is 291 g/mol. The zero-order valence-electron chi connectivity index (χ0n) is 7.07. The van der Waals surface area contributed by atoms with Gasteiger partial charge < -0.3 is 9.47 Å². The summed E-state index contributed by atoms with van der Waals surface area (Å²) >= 11 is 2.22. The van der Waals surface area contributed by atoms with Crippen LogP contribution in [0.25, 0.3) is 0 Å². The third kappa shape index (κ3) is 2.54. The van der Waals surface area contributed by atoms with Crippen molar-refractivity contribution < 1.29 is 9.47 Å². The first-order chi connectivity index (χ1) is 6.34. The summed E-state index contributed by atoms with van der Waals surface area (Å²) < 4.78 is 11.9. The number of halogens is 1. The number of rotatable bonds is 2. The van der Waals surface area contributed by atoms with Crippen molar-refractivity contribution in [1.29, 1.82) is 0 Å². The SMILES string of the molecule is Ic1ccc(OC2CCOC2)nc1. The number of ether oxygens (including phenoxy) is 2. The van der Waals surface area contributed by atoms with Crippen LogP contribution in [-0.4, -0.2) is 24.3 Å². The lowest BCUT2D eigenvalue weighted by Gasteiger charge is -2.09. The van der Waals surface area contributed by atoms with E-state index in [0.717, 1.165) is 16.6 Å². The summed E-state index contributed by atoms with van der Waals surface area (Å²) in [5.74, 6) is 0.691. The standard InChI is InChI=1S/C9H10INO2/c10-7-1-2-9(11-5-7)13-8-3-4-12-6-8/h1-2,5,8H,3-4,6H2. The Balaban J connectivity index is 1.97. The summed E-state index contributed by atoms with van der Waals surface area (Å²) in [5, 5.41) is 0. The minimum atomic E-state index is 0.188. The van der Waals surface area contributed by atoms with Gasteiger partial charge in [-0.25, -0.2) is 4.98 Å². The number of aromatic nitrogens is 1. The molecule has 1 aliphatic heterocycles. The van der Waals surface area contributed by atoms with Crippen LogP contribution in [0, 0.1) is 3.57 Å². The van der Waals surface area contributed by atoms with Crippen molar-refractivity contribution in [3.05, 3.63) is 21.9 Å². The van der Waals surface area contributed by atoms with Crippen molar-refractivity contribution >= 4 is 22.6 Å². The maximum Gasteiger partial charge on any atom is 0.213 e. The Bertz CT molecular complexity index is 269. The van der Waals surface area contributed by atoms with E-state index in [1.165, 1.54) is 0 Å².